The second-order valence-corrected chi connectivity index (χ2v) is 2.32. The van der Waals surface area contributed by atoms with Crippen molar-refractivity contribution >= 4 is 5.97 Å². The molecule has 62 valence electrons. The first-order valence-electron chi connectivity index (χ1n) is 3.39. The molecule has 1 aromatic heterocycles. The molecule has 0 radical (unpaired) electrons. The lowest BCUT2D eigenvalue weighted by molar-refractivity contribution is -0.132. The van der Waals surface area contributed by atoms with Crippen molar-refractivity contribution in [2.24, 2.45) is 7.05 Å². The summed E-state index contributed by atoms with van der Waals surface area (Å²) in [7, 11) is 1.66. The second-order valence-electron chi connectivity index (χ2n) is 2.32. The number of hydrogen-bond donors (Lipinski definition) is 0. The minimum Gasteiger partial charge on any atom is -0.409 e. The van der Waals surface area contributed by atoms with E-state index < -0.39 is 0 Å². The smallest absolute Gasteiger partial charge is 0.309 e. The molecule has 12 heavy (non-hydrogen) atoms. The number of nitrogens with zero attached hydrogens (tertiary/aromatic N) is 2. The summed E-state index contributed by atoms with van der Waals surface area (Å²) >= 11 is 0. The van der Waals surface area contributed by atoms with Gasteiger partial charge in [-0.15, -0.1) is 0 Å². The Balaban J connectivity index is 2.96. The molecule has 0 fully saturated rings. The quantitative estimate of drug-likeness (QED) is 0.577. The predicted octanol–water partition coefficient (Wildman–Crippen LogP) is 0.822. The fraction of sp³-hybridized carbons (Fsp3) is 0.250. The van der Waals surface area contributed by atoms with Crippen LogP contribution in [0.25, 0.3) is 0 Å². The molecule has 0 saturated carbocycles. The molecule has 1 heterocycles. The minimum absolute atomic E-state index is 0.388. The number of nitriles is 1. The van der Waals surface area contributed by atoms with Gasteiger partial charge in [0.25, 0.3) is 0 Å². The summed E-state index contributed by atoms with van der Waals surface area (Å²) in [6.07, 6.45) is 0. The SMILES string of the molecule is CC(=O)Oc1ccc(C#N)n1C. The number of carbonyl (C=O) groups excluding carboxylic acids is 1. The second kappa shape index (κ2) is 3.09. The summed E-state index contributed by atoms with van der Waals surface area (Å²) in [6, 6.07) is 5.14. The van der Waals surface area contributed by atoms with Crippen molar-refractivity contribution in [3.8, 4) is 11.9 Å². The topological polar surface area (TPSA) is 55.0 Å². The predicted molar refractivity (Wildman–Crippen MR) is 41.4 cm³/mol. The molecule has 0 atom stereocenters. The highest BCUT2D eigenvalue weighted by molar-refractivity contribution is 5.68. The summed E-state index contributed by atoms with van der Waals surface area (Å²) in [6.45, 7) is 1.32. The van der Waals surface area contributed by atoms with Gasteiger partial charge in [0.1, 0.15) is 11.8 Å². The number of hydrogen-bond acceptors (Lipinski definition) is 3. The van der Waals surface area contributed by atoms with Gasteiger partial charge in [0.15, 0.2) is 0 Å². The van der Waals surface area contributed by atoms with Crippen LogP contribution in [0.1, 0.15) is 12.6 Å². The first kappa shape index (κ1) is 8.34. The molecular formula is C8H8N2O2. The van der Waals surface area contributed by atoms with E-state index in [0.29, 0.717) is 11.6 Å². The van der Waals surface area contributed by atoms with Gasteiger partial charge in [-0.05, 0) is 6.07 Å². The number of carbonyl (C=O) groups is 1. The van der Waals surface area contributed by atoms with Gasteiger partial charge in [0.2, 0.25) is 5.88 Å². The van der Waals surface area contributed by atoms with Gasteiger partial charge in [0.05, 0.1) is 0 Å². The van der Waals surface area contributed by atoms with Gasteiger partial charge >= 0.3 is 5.97 Å². The molecule has 0 aliphatic carbocycles. The summed E-state index contributed by atoms with van der Waals surface area (Å²) in [5.74, 6) is -0.000241. The third-order valence-corrected chi connectivity index (χ3v) is 1.44. The highest BCUT2D eigenvalue weighted by Crippen LogP contribution is 2.14. The fourth-order valence-corrected chi connectivity index (χ4v) is 0.855. The number of esters is 1. The lowest BCUT2D eigenvalue weighted by Gasteiger charge is -2.01. The van der Waals surface area contributed by atoms with Crippen LogP contribution in [-0.2, 0) is 11.8 Å². The summed E-state index contributed by atoms with van der Waals surface area (Å²) in [5, 5.41) is 8.55. The van der Waals surface area contributed by atoms with Crippen LogP contribution in [0.5, 0.6) is 5.88 Å². The summed E-state index contributed by atoms with van der Waals surface area (Å²) in [5.41, 5.74) is 0.464. The molecule has 0 saturated heterocycles. The number of aromatic nitrogens is 1. The van der Waals surface area contributed by atoms with Crippen LogP contribution < -0.4 is 4.74 Å². The first-order chi connectivity index (χ1) is 5.65. The van der Waals surface area contributed by atoms with Gasteiger partial charge in [0, 0.05) is 20.0 Å². The van der Waals surface area contributed by atoms with Crippen LogP contribution in [0.15, 0.2) is 12.1 Å². The molecule has 0 amide bonds. The van der Waals surface area contributed by atoms with Gasteiger partial charge in [-0.1, -0.05) is 0 Å². The van der Waals surface area contributed by atoms with Crippen molar-refractivity contribution in [2.45, 2.75) is 6.92 Å². The van der Waals surface area contributed by atoms with Crippen LogP contribution >= 0.6 is 0 Å². The monoisotopic (exact) mass is 164 g/mol. The normalized spacial score (nSPS) is 9.08. The highest BCUT2D eigenvalue weighted by Gasteiger charge is 2.05. The number of ether oxygens (including phenoxy) is 1. The van der Waals surface area contributed by atoms with Gasteiger partial charge < -0.3 is 9.30 Å². The highest BCUT2D eigenvalue weighted by atomic mass is 16.5. The molecule has 0 aliphatic heterocycles. The van der Waals surface area contributed by atoms with E-state index in [9.17, 15) is 4.79 Å². The molecule has 4 heteroatoms. The van der Waals surface area contributed by atoms with E-state index in [2.05, 4.69) is 0 Å². The zero-order valence-corrected chi connectivity index (χ0v) is 6.87. The zero-order chi connectivity index (χ0) is 9.14. The van der Waals surface area contributed by atoms with Crippen LogP contribution in [-0.4, -0.2) is 10.5 Å². The Morgan fingerprint density at radius 2 is 2.33 bits per heavy atom. The van der Waals surface area contributed by atoms with E-state index in [4.69, 9.17) is 10.00 Å². The molecule has 0 aromatic carbocycles. The average Bonchev–Trinajstić information content (AvgIpc) is 2.32. The molecule has 1 aromatic rings. The third-order valence-electron chi connectivity index (χ3n) is 1.44. The van der Waals surface area contributed by atoms with E-state index in [0.717, 1.165) is 0 Å². The Bertz CT molecular complexity index is 346. The van der Waals surface area contributed by atoms with Crippen molar-refractivity contribution in [1.29, 1.82) is 5.26 Å². The van der Waals surface area contributed by atoms with Crippen LogP contribution in [0, 0.1) is 11.3 Å². The van der Waals surface area contributed by atoms with E-state index in [1.165, 1.54) is 11.5 Å². The first-order valence-corrected chi connectivity index (χ1v) is 3.39. The van der Waals surface area contributed by atoms with Gasteiger partial charge in [-0.2, -0.15) is 5.26 Å². The van der Waals surface area contributed by atoms with Gasteiger partial charge in [-0.3, -0.25) is 4.79 Å². The lowest BCUT2D eigenvalue weighted by Crippen LogP contribution is -2.05. The van der Waals surface area contributed by atoms with E-state index in [1.54, 1.807) is 19.2 Å². The Hall–Kier alpha value is -1.76. The van der Waals surface area contributed by atoms with E-state index >= 15 is 0 Å². The maximum Gasteiger partial charge on any atom is 0.309 e. The van der Waals surface area contributed by atoms with Gasteiger partial charge in [-0.25, -0.2) is 0 Å². The minimum atomic E-state index is -0.388. The Labute approximate surface area is 70.0 Å². The fourth-order valence-electron chi connectivity index (χ4n) is 0.855. The standard InChI is InChI=1S/C8H8N2O2/c1-6(11)12-8-4-3-7(5-9)10(8)2/h3-4H,1-2H3. The molecule has 0 bridgehead atoms. The average molecular weight is 164 g/mol. The molecule has 4 nitrogen and oxygen atoms in total. The lowest BCUT2D eigenvalue weighted by atomic mass is 10.5. The molecular weight excluding hydrogens is 156 g/mol. The van der Waals surface area contributed by atoms with Crippen molar-refractivity contribution in [2.75, 3.05) is 0 Å². The van der Waals surface area contributed by atoms with Crippen molar-refractivity contribution < 1.29 is 9.53 Å². The molecule has 0 N–H and O–H groups in total. The Kier molecular flexibility index (Phi) is 2.15. The largest absolute Gasteiger partial charge is 0.409 e. The van der Waals surface area contributed by atoms with Crippen LogP contribution in [0.3, 0.4) is 0 Å². The molecule has 0 spiro atoms. The third kappa shape index (κ3) is 1.45. The molecule has 0 aliphatic rings. The van der Waals surface area contributed by atoms with Crippen molar-refractivity contribution in [3.05, 3.63) is 17.8 Å². The summed E-state index contributed by atoms with van der Waals surface area (Å²) in [4.78, 5) is 10.5. The maximum atomic E-state index is 10.5. The molecule has 1 rings (SSSR count). The summed E-state index contributed by atoms with van der Waals surface area (Å²) < 4.78 is 6.32. The zero-order valence-electron chi connectivity index (χ0n) is 6.87. The maximum absolute atomic E-state index is 10.5. The van der Waals surface area contributed by atoms with Crippen molar-refractivity contribution in [1.82, 2.24) is 4.57 Å². The van der Waals surface area contributed by atoms with Crippen molar-refractivity contribution in [3.63, 3.8) is 0 Å². The van der Waals surface area contributed by atoms with Crippen LogP contribution in [0.2, 0.25) is 0 Å². The molecule has 0 unspecified atom stereocenters. The van der Waals surface area contributed by atoms with E-state index in [1.807, 2.05) is 6.07 Å². The van der Waals surface area contributed by atoms with E-state index in [-0.39, 0.29) is 5.97 Å². The van der Waals surface area contributed by atoms with Crippen LogP contribution in [0.4, 0.5) is 0 Å². The Morgan fingerprint density at radius 1 is 1.67 bits per heavy atom. The number of rotatable bonds is 1. The Morgan fingerprint density at radius 3 is 2.75 bits per heavy atom.